The van der Waals surface area contributed by atoms with Crippen molar-refractivity contribution in [3.8, 4) is 0 Å². The number of unbranched alkanes of at least 4 members (excludes halogenated alkanes) is 20. The highest BCUT2D eigenvalue weighted by atomic mass is 31.2. The topological polar surface area (TPSA) is 114 Å². The third-order valence-corrected chi connectivity index (χ3v) is 12.5. The molecule has 0 aromatic rings. The number of carbonyl (C=O) groups excluding carboxylic acids is 2. The van der Waals surface area contributed by atoms with E-state index in [0.29, 0.717) is 23.9 Å². The van der Waals surface area contributed by atoms with Gasteiger partial charge in [-0.1, -0.05) is 208 Å². The van der Waals surface area contributed by atoms with Crippen LogP contribution in [0.15, 0.2) is 97.2 Å². The van der Waals surface area contributed by atoms with E-state index in [2.05, 4.69) is 111 Å². The maximum absolute atomic E-state index is 13.4. The molecule has 0 saturated heterocycles. The van der Waals surface area contributed by atoms with Crippen molar-refractivity contribution in [3.05, 3.63) is 97.2 Å². The van der Waals surface area contributed by atoms with E-state index in [1.807, 2.05) is 27.2 Å². The second-order valence-electron chi connectivity index (χ2n) is 19.4. The van der Waals surface area contributed by atoms with Gasteiger partial charge < -0.3 is 28.5 Å². The molecule has 0 aliphatic rings. The Morgan fingerprint density at radius 2 is 1.00 bits per heavy atom. The van der Waals surface area contributed by atoms with Gasteiger partial charge in [-0.05, 0) is 89.5 Å². The molecule has 0 spiro atoms. The maximum Gasteiger partial charge on any atom is 0.306 e. The molecule has 396 valence electrons. The molecule has 1 N–H and O–H groups in total. The van der Waals surface area contributed by atoms with Crippen LogP contribution in [0.4, 0.5) is 0 Å². The first-order valence-corrected chi connectivity index (χ1v) is 29.0. The lowest BCUT2D eigenvalue weighted by Crippen LogP contribution is -2.47. The zero-order valence-corrected chi connectivity index (χ0v) is 45.9. The summed E-state index contributed by atoms with van der Waals surface area (Å²) in [6.45, 7) is 6.60. The van der Waals surface area contributed by atoms with Crippen LogP contribution in [0.5, 0.6) is 0 Å². The minimum Gasteiger partial charge on any atom is -0.756 e. The average molecular weight is 983 g/mol. The van der Waals surface area contributed by atoms with E-state index >= 15 is 0 Å². The third kappa shape index (κ3) is 49.7. The van der Waals surface area contributed by atoms with Crippen molar-refractivity contribution < 1.29 is 37.3 Å². The van der Waals surface area contributed by atoms with E-state index in [1.54, 1.807) is 6.08 Å². The summed E-state index contributed by atoms with van der Waals surface area (Å²) >= 11 is 0. The first kappa shape index (κ1) is 65.9. The molecule has 0 saturated carbocycles. The predicted octanol–water partition coefficient (Wildman–Crippen LogP) is 15.8. The Morgan fingerprint density at radius 3 is 1.57 bits per heavy atom. The van der Waals surface area contributed by atoms with Crippen molar-refractivity contribution in [2.75, 3.05) is 40.9 Å². The van der Waals surface area contributed by atoms with Gasteiger partial charge in [-0.2, -0.15) is 0 Å². The van der Waals surface area contributed by atoms with Crippen LogP contribution >= 0.6 is 7.82 Å². The fraction of sp³-hybridized carbons (Fsp3) is 0.695. The van der Waals surface area contributed by atoms with Crippen LogP contribution in [-0.4, -0.2) is 69.4 Å². The Kier molecular flexibility index (Phi) is 46.4. The summed E-state index contributed by atoms with van der Waals surface area (Å²) in [7, 11) is 1.13. The summed E-state index contributed by atoms with van der Waals surface area (Å²) < 4.78 is 30.1. The number of likely N-dealkylation sites (N-methyl/N-ethyl adjacent to an activating group) is 1. The number of esters is 1. The Bertz CT molecular complexity index is 1510. The number of rotatable bonds is 48. The largest absolute Gasteiger partial charge is 0.756 e. The highest BCUT2D eigenvalue weighted by Gasteiger charge is 2.27. The van der Waals surface area contributed by atoms with Crippen molar-refractivity contribution in [3.63, 3.8) is 0 Å². The molecule has 0 aromatic carbocycles. The maximum atomic E-state index is 13.4. The fourth-order valence-corrected chi connectivity index (χ4v) is 8.00. The van der Waals surface area contributed by atoms with Gasteiger partial charge in [0.2, 0.25) is 5.91 Å². The zero-order valence-electron chi connectivity index (χ0n) is 45.0. The normalized spacial score (nSPS) is 14.6. The van der Waals surface area contributed by atoms with Crippen LogP contribution in [0.25, 0.3) is 0 Å². The molecule has 1 amide bonds. The quantitative estimate of drug-likeness (QED) is 0.0161. The number of hydrogen-bond donors (Lipinski definition) is 1. The molecule has 0 heterocycles. The third-order valence-electron chi connectivity index (χ3n) is 11.6. The molecule has 0 rings (SSSR count). The number of nitrogens with one attached hydrogen (secondary N) is 1. The molecule has 0 radical (unpaired) electrons. The number of ether oxygens (including phenoxy) is 1. The molecule has 3 atom stereocenters. The van der Waals surface area contributed by atoms with Crippen molar-refractivity contribution in [1.29, 1.82) is 0 Å². The number of amides is 1. The highest BCUT2D eigenvalue weighted by molar-refractivity contribution is 7.45. The number of phosphoric acid groups is 1. The summed E-state index contributed by atoms with van der Waals surface area (Å²) in [4.78, 5) is 39.7. The molecule has 0 aromatic heterocycles. The summed E-state index contributed by atoms with van der Waals surface area (Å²) in [6.07, 6.45) is 63.8. The lowest BCUT2D eigenvalue weighted by Gasteiger charge is -2.30. The van der Waals surface area contributed by atoms with Crippen molar-refractivity contribution in [2.45, 2.75) is 226 Å². The van der Waals surface area contributed by atoms with E-state index in [0.717, 1.165) is 77.0 Å². The number of hydrogen-bond acceptors (Lipinski definition) is 7. The lowest BCUT2D eigenvalue weighted by molar-refractivity contribution is -0.870. The van der Waals surface area contributed by atoms with E-state index in [-0.39, 0.29) is 31.3 Å². The smallest absolute Gasteiger partial charge is 0.306 e. The van der Waals surface area contributed by atoms with Gasteiger partial charge >= 0.3 is 5.97 Å². The zero-order chi connectivity index (χ0) is 50.8. The fourth-order valence-electron chi connectivity index (χ4n) is 7.28. The minimum absolute atomic E-state index is 0.0393. The molecule has 10 heteroatoms. The summed E-state index contributed by atoms with van der Waals surface area (Å²) in [5, 5.41) is 2.97. The summed E-state index contributed by atoms with van der Waals surface area (Å²) in [6, 6.07) is -0.926. The average Bonchev–Trinajstić information content (AvgIpc) is 3.31. The van der Waals surface area contributed by atoms with E-state index < -0.39 is 26.6 Å². The molecule has 3 unspecified atom stereocenters. The van der Waals surface area contributed by atoms with Gasteiger partial charge in [0.05, 0.1) is 33.8 Å². The number of phosphoric ester groups is 1. The van der Waals surface area contributed by atoms with E-state index in [4.69, 9.17) is 13.8 Å². The summed E-state index contributed by atoms with van der Waals surface area (Å²) in [5.74, 6) is -0.629. The lowest BCUT2D eigenvalue weighted by atomic mass is 10.1. The Labute approximate surface area is 424 Å². The molecule has 0 fully saturated rings. The number of quaternary nitrogens is 1. The van der Waals surface area contributed by atoms with Gasteiger partial charge in [0, 0.05) is 12.8 Å². The number of allylic oxidation sites excluding steroid dienone is 15. The Morgan fingerprint density at radius 1 is 0.536 bits per heavy atom. The van der Waals surface area contributed by atoms with Crippen LogP contribution in [0.1, 0.15) is 213 Å². The monoisotopic (exact) mass is 983 g/mol. The van der Waals surface area contributed by atoms with Crippen LogP contribution in [0.3, 0.4) is 0 Å². The van der Waals surface area contributed by atoms with Crippen molar-refractivity contribution >= 4 is 19.7 Å². The SMILES string of the molecule is CC/C=C/C=C/C=C/CCCCCCCCCC(=O)OC(/C=C/CCCCCCCCCCC)C(COP(=O)([O-])OCC[N+](C)(C)C)NC(=O)CCC/C=C\C/C=C\C/C=C\C/C=C\CCCCC. The molecule has 0 aliphatic carbocycles. The van der Waals surface area contributed by atoms with Gasteiger partial charge in [0.1, 0.15) is 19.3 Å². The van der Waals surface area contributed by atoms with Gasteiger partial charge in [0.15, 0.2) is 0 Å². The van der Waals surface area contributed by atoms with E-state index in [9.17, 15) is 19.0 Å². The molecular formula is C59H103N2O7P. The van der Waals surface area contributed by atoms with E-state index in [1.165, 1.54) is 89.9 Å². The summed E-state index contributed by atoms with van der Waals surface area (Å²) in [5.41, 5.74) is 0. The second kappa shape index (κ2) is 48.6. The molecular weight excluding hydrogens is 880 g/mol. The van der Waals surface area contributed by atoms with Crippen molar-refractivity contribution in [1.82, 2.24) is 5.32 Å². The number of carbonyl (C=O) groups is 2. The molecule has 0 bridgehead atoms. The van der Waals surface area contributed by atoms with Gasteiger partial charge in [-0.15, -0.1) is 0 Å². The van der Waals surface area contributed by atoms with Gasteiger partial charge in [-0.25, -0.2) is 0 Å². The molecule has 9 nitrogen and oxygen atoms in total. The van der Waals surface area contributed by atoms with Gasteiger partial charge in [0.25, 0.3) is 7.82 Å². The van der Waals surface area contributed by atoms with Crippen LogP contribution in [0.2, 0.25) is 0 Å². The van der Waals surface area contributed by atoms with Gasteiger partial charge in [-0.3, -0.25) is 14.2 Å². The highest BCUT2D eigenvalue weighted by Crippen LogP contribution is 2.38. The molecule has 0 aliphatic heterocycles. The predicted molar refractivity (Wildman–Crippen MR) is 293 cm³/mol. The minimum atomic E-state index is -4.71. The second-order valence-corrected chi connectivity index (χ2v) is 20.8. The molecule has 69 heavy (non-hydrogen) atoms. The van der Waals surface area contributed by atoms with Crippen molar-refractivity contribution in [2.24, 2.45) is 0 Å². The Hall–Kier alpha value is -3.07. The van der Waals surface area contributed by atoms with Crippen LogP contribution in [0, 0.1) is 0 Å². The number of nitrogens with zero attached hydrogens (tertiary/aromatic N) is 1. The van der Waals surface area contributed by atoms with Crippen LogP contribution < -0.4 is 10.2 Å². The van der Waals surface area contributed by atoms with Crippen LogP contribution in [-0.2, 0) is 27.9 Å². The first-order valence-electron chi connectivity index (χ1n) is 27.6. The Balaban J connectivity index is 5.47. The standard InChI is InChI=1S/C59H103N2O7P/c1-7-10-13-16-19-22-25-27-29-30-32-33-36-39-42-45-48-51-58(62)60-56(55-67-69(64,65)66-54-53-61(4,5)6)57(50-47-44-41-38-35-24-21-18-15-12-9-3)68-59(63)52-49-46-43-40-37-34-31-28-26-23-20-17-14-11-8-2/h11,14,17,19-20,22-23,26-27,29,32-33,39,42,47,50,56-57H,7-10,12-13,15-16,18,21,24-25,28,30-31,34-38,40-41,43-46,48-49,51-55H2,1-6H3,(H-,60,62,64,65)/b14-11+,20-17+,22-19-,26-23+,29-27-,33-32-,42-39-,50-47+. The first-order chi connectivity index (χ1) is 33.4.